The van der Waals surface area contributed by atoms with E-state index in [1.54, 1.807) is 31.4 Å². The zero-order valence-electron chi connectivity index (χ0n) is 22.6. The van der Waals surface area contributed by atoms with Crippen LogP contribution in [0.3, 0.4) is 0 Å². The molecule has 0 aliphatic carbocycles. The summed E-state index contributed by atoms with van der Waals surface area (Å²) in [6.45, 7) is 2.37. The number of esters is 1. The van der Waals surface area contributed by atoms with Crippen molar-refractivity contribution in [1.82, 2.24) is 0 Å². The van der Waals surface area contributed by atoms with Crippen molar-refractivity contribution in [2.45, 2.75) is 58.5 Å². The summed E-state index contributed by atoms with van der Waals surface area (Å²) in [7, 11) is 3.00. The van der Waals surface area contributed by atoms with Crippen molar-refractivity contribution < 1.29 is 53.0 Å². The molecule has 12 heteroatoms. The fourth-order valence-electron chi connectivity index (χ4n) is 4.12. The number of rotatable bonds is 5. The summed E-state index contributed by atoms with van der Waals surface area (Å²) in [5.74, 6) is -1.12. The summed E-state index contributed by atoms with van der Waals surface area (Å²) < 4.78 is 31.7. The van der Waals surface area contributed by atoms with E-state index in [1.807, 2.05) is 18.2 Å². The number of aliphatic carboxylic acids is 1. The molecular formula is C30H44NO11-. The highest BCUT2D eigenvalue weighted by molar-refractivity contribution is 5.80. The number of carbonyl (C=O) groups excluding carboxylic acids is 2. The van der Waals surface area contributed by atoms with E-state index in [4.69, 9.17) is 33.5 Å². The number of benzene rings is 2. The van der Waals surface area contributed by atoms with Crippen molar-refractivity contribution in [2.75, 3.05) is 40.6 Å². The summed E-state index contributed by atoms with van der Waals surface area (Å²) >= 11 is 0. The van der Waals surface area contributed by atoms with Gasteiger partial charge in [0, 0.05) is 36.8 Å². The van der Waals surface area contributed by atoms with Crippen LogP contribution in [-0.2, 0) is 33.3 Å². The van der Waals surface area contributed by atoms with Crippen LogP contribution in [0, 0.1) is 0 Å². The van der Waals surface area contributed by atoms with Crippen molar-refractivity contribution >= 4 is 17.7 Å². The van der Waals surface area contributed by atoms with E-state index < -0.39 is 24.0 Å². The van der Waals surface area contributed by atoms with Crippen molar-refractivity contribution in [3.8, 4) is 11.5 Å². The lowest BCUT2D eigenvalue weighted by atomic mass is 10.1. The number of ether oxygens (including phenoxy) is 6. The summed E-state index contributed by atoms with van der Waals surface area (Å²) in [5, 5.41) is 17.8. The van der Waals surface area contributed by atoms with Crippen molar-refractivity contribution in [1.29, 1.82) is 0 Å². The summed E-state index contributed by atoms with van der Waals surface area (Å²) in [6.07, 6.45) is 0.153. The number of Topliss-reactive ketones (excluding diaryl/α,β-unsaturated/α-hetero) is 1. The number of para-hydroxylation sites is 2. The molecule has 4 N–H and O–H groups in total. The highest BCUT2D eigenvalue weighted by Gasteiger charge is 2.50. The first-order chi connectivity index (χ1) is 18.8. The van der Waals surface area contributed by atoms with Gasteiger partial charge in [0.2, 0.25) is 5.79 Å². The topological polar surface area (TPSA) is 181 Å². The third kappa shape index (κ3) is 10.4. The van der Waals surface area contributed by atoms with E-state index in [0.717, 1.165) is 0 Å². The molecule has 3 fully saturated rings. The van der Waals surface area contributed by atoms with Crippen molar-refractivity contribution in [2.24, 2.45) is 0 Å². The van der Waals surface area contributed by atoms with Gasteiger partial charge < -0.3 is 44.8 Å². The molecule has 1 spiro atoms. The van der Waals surface area contributed by atoms with Gasteiger partial charge in [-0.2, -0.15) is 0 Å². The van der Waals surface area contributed by atoms with E-state index in [9.17, 15) is 19.5 Å². The molecule has 42 heavy (non-hydrogen) atoms. The van der Waals surface area contributed by atoms with Crippen LogP contribution < -0.4 is 9.47 Å². The minimum Gasteiger partial charge on any atom is -0.693 e. The molecular weight excluding hydrogens is 550 g/mol. The first kappa shape index (κ1) is 38.5. The Kier molecular flexibility index (Phi) is 17.2. The second-order valence-corrected chi connectivity index (χ2v) is 8.82. The fraction of sp³-hybridized carbons (Fsp3) is 0.500. The molecule has 3 saturated heterocycles. The number of aliphatic hydroxyl groups is 1. The van der Waals surface area contributed by atoms with Crippen molar-refractivity contribution in [3.05, 3.63) is 65.8 Å². The third-order valence-corrected chi connectivity index (χ3v) is 6.23. The van der Waals surface area contributed by atoms with Crippen LogP contribution in [0.4, 0.5) is 0 Å². The van der Waals surface area contributed by atoms with E-state index in [1.165, 1.54) is 13.2 Å². The molecule has 2 atom stereocenters. The van der Waals surface area contributed by atoms with Crippen LogP contribution in [0.25, 0.3) is 6.15 Å². The molecule has 5 rings (SSSR count). The summed E-state index contributed by atoms with van der Waals surface area (Å²) in [5.41, 5.74) is 0.968. The molecule has 0 aromatic heterocycles. The lowest BCUT2D eigenvalue weighted by Gasteiger charge is -2.30. The van der Waals surface area contributed by atoms with E-state index in [0.29, 0.717) is 75.0 Å². The number of carboxylic acids is 1. The van der Waals surface area contributed by atoms with Crippen LogP contribution in [-0.4, -0.2) is 74.4 Å². The Balaban J connectivity index is 0.000000640. The molecule has 0 unspecified atom stereocenters. The standard InChI is InChI=1S/C14H16O5.C9H10O4.C5H8O2.2CH4.H2N/c1-16-11-5-3-2-4-10(11)12-13(15)19-14(18-12)6-8-17-9-7-14;1-13-7-5-3-2-4-6(7)8(10)9(11)12;6-5-1-3-7-4-2-5;;;/h2-5,12H,6-9H2,1H3;2-5,8,10H,1H3,(H,11,12);1-4H2;2*1H4;1H2/q;;;;;-1/t12-;8-;;;;/m11..../s1. The van der Waals surface area contributed by atoms with Gasteiger partial charge in [-0.3, -0.25) is 4.79 Å². The van der Waals surface area contributed by atoms with E-state index in [-0.39, 0.29) is 32.5 Å². The molecule has 3 aliphatic rings. The second-order valence-electron chi connectivity index (χ2n) is 8.82. The van der Waals surface area contributed by atoms with Gasteiger partial charge in [-0.15, -0.1) is 0 Å². The minimum atomic E-state index is -1.53. The number of aliphatic hydroxyl groups excluding tert-OH is 1. The zero-order chi connectivity index (χ0) is 28.3. The zero-order valence-corrected chi connectivity index (χ0v) is 22.6. The second kappa shape index (κ2) is 18.8. The highest BCUT2D eigenvalue weighted by Crippen LogP contribution is 2.42. The fourth-order valence-corrected chi connectivity index (χ4v) is 4.12. The monoisotopic (exact) mass is 594 g/mol. The molecule has 0 amide bonds. The average molecular weight is 595 g/mol. The minimum absolute atomic E-state index is 0. The van der Waals surface area contributed by atoms with Crippen molar-refractivity contribution in [3.63, 3.8) is 0 Å². The van der Waals surface area contributed by atoms with Gasteiger partial charge >= 0.3 is 11.9 Å². The number of carbonyl (C=O) groups is 3. The molecule has 0 radical (unpaired) electrons. The lowest BCUT2D eigenvalue weighted by Crippen LogP contribution is -2.37. The molecule has 2 aromatic carbocycles. The molecule has 2 aromatic rings. The molecule has 0 saturated carbocycles. The number of methoxy groups -OCH3 is 2. The quantitative estimate of drug-likeness (QED) is 0.445. The Morgan fingerprint density at radius 3 is 1.93 bits per heavy atom. The van der Waals surface area contributed by atoms with Crippen LogP contribution >= 0.6 is 0 Å². The Morgan fingerprint density at radius 2 is 1.40 bits per heavy atom. The van der Waals surface area contributed by atoms with Gasteiger partial charge in [0.1, 0.15) is 17.3 Å². The van der Waals surface area contributed by atoms with Gasteiger partial charge in [0.15, 0.2) is 12.2 Å². The lowest BCUT2D eigenvalue weighted by molar-refractivity contribution is -0.212. The first-order valence-corrected chi connectivity index (χ1v) is 12.5. The number of ketones is 1. The smallest absolute Gasteiger partial charge is 0.342 e. The van der Waals surface area contributed by atoms with E-state index in [2.05, 4.69) is 0 Å². The van der Waals surface area contributed by atoms with Crippen LogP contribution in [0.15, 0.2) is 48.5 Å². The SMILES string of the molecule is C.C.COc1ccccc1[C@@H](O)C(=O)O.COc1ccccc1[C@H]1OC2(CCOCC2)OC1=O.O=C1CCOCC1.[NH2-]. The molecule has 3 aliphatic heterocycles. The predicted octanol–water partition coefficient (Wildman–Crippen LogP) is 4.98. The van der Waals surface area contributed by atoms with Crippen LogP contribution in [0.5, 0.6) is 11.5 Å². The number of hydrogen-bond donors (Lipinski definition) is 2. The first-order valence-electron chi connectivity index (χ1n) is 12.5. The Morgan fingerprint density at radius 1 is 0.881 bits per heavy atom. The van der Waals surface area contributed by atoms with Gasteiger partial charge in [0.25, 0.3) is 0 Å². The van der Waals surface area contributed by atoms with Gasteiger partial charge in [-0.1, -0.05) is 51.3 Å². The maximum atomic E-state index is 12.1. The maximum absolute atomic E-state index is 12.1. The Bertz CT molecular complexity index is 1110. The van der Waals surface area contributed by atoms with Gasteiger partial charge in [-0.05, 0) is 12.1 Å². The molecule has 236 valence electrons. The predicted molar refractivity (Wildman–Crippen MR) is 155 cm³/mol. The van der Waals surface area contributed by atoms with Gasteiger partial charge in [-0.25, -0.2) is 9.59 Å². The average Bonchev–Trinajstić information content (AvgIpc) is 3.28. The molecule has 0 bridgehead atoms. The van der Waals surface area contributed by atoms with Crippen LogP contribution in [0.1, 0.15) is 63.9 Å². The number of hydrogen-bond acceptors (Lipinski definition) is 10. The maximum Gasteiger partial charge on any atom is 0.342 e. The highest BCUT2D eigenvalue weighted by atomic mass is 16.8. The normalized spacial score (nSPS) is 19.0. The Hall–Kier alpha value is -3.55. The van der Waals surface area contributed by atoms with E-state index >= 15 is 0 Å². The molecule has 3 heterocycles. The summed E-state index contributed by atoms with van der Waals surface area (Å²) in [6, 6.07) is 13.8. The van der Waals surface area contributed by atoms with Crippen LogP contribution in [0.2, 0.25) is 0 Å². The number of nitrogens with two attached hydrogens (primary N) is 1. The largest absolute Gasteiger partial charge is 0.693 e. The third-order valence-electron chi connectivity index (χ3n) is 6.23. The summed E-state index contributed by atoms with van der Waals surface area (Å²) in [4.78, 5) is 32.9. The number of carboxylic acid groups (broad SMARTS) is 1. The van der Waals surface area contributed by atoms with Gasteiger partial charge in [0.05, 0.1) is 40.6 Å². The Labute approximate surface area is 247 Å². The molecule has 12 nitrogen and oxygen atoms in total.